The van der Waals surface area contributed by atoms with Gasteiger partial charge in [0.1, 0.15) is 0 Å². The van der Waals surface area contributed by atoms with Gasteiger partial charge in [0, 0.05) is 12.1 Å². The molecule has 2 N–H and O–H groups in total. The molecule has 2 aromatic rings. The van der Waals surface area contributed by atoms with E-state index in [0.29, 0.717) is 17.4 Å². The predicted molar refractivity (Wildman–Crippen MR) is 79.8 cm³/mol. The molecule has 1 aromatic heterocycles. The van der Waals surface area contributed by atoms with Crippen LogP contribution in [0.15, 0.2) is 35.4 Å². The number of nitrogens with one attached hydrogen (secondary N) is 1. The Morgan fingerprint density at radius 3 is 2.75 bits per heavy atom. The molecule has 1 heterocycles. The zero-order chi connectivity index (χ0) is 14.8. The minimum Gasteiger partial charge on any atom is -0.390 e. The number of nitrogens with zero attached hydrogens (tertiary/aromatic N) is 2. The lowest BCUT2D eigenvalue weighted by Gasteiger charge is -2.23. The van der Waals surface area contributed by atoms with E-state index in [2.05, 4.69) is 10.3 Å². The van der Waals surface area contributed by atoms with Gasteiger partial charge in [0.05, 0.1) is 29.9 Å². The average Bonchev–Trinajstić information content (AvgIpc) is 2.39. The predicted octanol–water partition coefficient (Wildman–Crippen LogP) is 1.15. The molecule has 0 radical (unpaired) electrons. The lowest BCUT2D eigenvalue weighted by molar-refractivity contribution is 0.140. The van der Waals surface area contributed by atoms with Gasteiger partial charge in [-0.1, -0.05) is 12.1 Å². The number of rotatable bonds is 4. The maximum Gasteiger partial charge on any atom is 0.261 e. The summed E-state index contributed by atoms with van der Waals surface area (Å²) >= 11 is 0. The van der Waals surface area contributed by atoms with E-state index in [9.17, 15) is 9.90 Å². The molecule has 1 aromatic carbocycles. The van der Waals surface area contributed by atoms with Crippen molar-refractivity contribution in [3.8, 4) is 0 Å². The molecule has 0 bridgehead atoms. The van der Waals surface area contributed by atoms with Crippen LogP contribution in [0.25, 0.3) is 10.9 Å². The Hall–Kier alpha value is -1.72. The van der Waals surface area contributed by atoms with E-state index in [0.717, 1.165) is 0 Å². The summed E-state index contributed by atoms with van der Waals surface area (Å²) < 4.78 is 1.46. The summed E-state index contributed by atoms with van der Waals surface area (Å²) in [5.41, 5.74) is 0.495. The van der Waals surface area contributed by atoms with Crippen LogP contribution in [0, 0.1) is 0 Å². The van der Waals surface area contributed by atoms with Crippen LogP contribution >= 0.6 is 0 Å². The molecule has 1 atom stereocenters. The third-order valence-corrected chi connectivity index (χ3v) is 3.01. The standard InChI is InChI=1S/C15H21N3O2/c1-15(2,3)17-8-11(19)9-18-10-16-13-7-5-4-6-12(13)14(18)20/h4-7,10-11,17,19H,8-9H2,1-3H3. The molecule has 0 saturated carbocycles. The van der Waals surface area contributed by atoms with Crippen molar-refractivity contribution in [1.82, 2.24) is 14.9 Å². The second-order valence-electron chi connectivity index (χ2n) is 6.00. The Kier molecular flexibility index (Phi) is 4.20. The highest BCUT2D eigenvalue weighted by molar-refractivity contribution is 5.76. The van der Waals surface area contributed by atoms with Crippen LogP contribution < -0.4 is 10.9 Å². The first-order valence-electron chi connectivity index (χ1n) is 6.74. The first kappa shape index (κ1) is 14.7. The number of benzene rings is 1. The summed E-state index contributed by atoms with van der Waals surface area (Å²) in [6.07, 6.45) is 0.861. The summed E-state index contributed by atoms with van der Waals surface area (Å²) in [5, 5.41) is 13.8. The average molecular weight is 275 g/mol. The molecule has 20 heavy (non-hydrogen) atoms. The third-order valence-electron chi connectivity index (χ3n) is 3.01. The van der Waals surface area contributed by atoms with Crippen LogP contribution in [0.1, 0.15) is 20.8 Å². The van der Waals surface area contributed by atoms with Gasteiger partial charge in [0.25, 0.3) is 5.56 Å². The monoisotopic (exact) mass is 275 g/mol. The molecule has 5 heteroatoms. The molecule has 0 aliphatic heterocycles. The highest BCUT2D eigenvalue weighted by Crippen LogP contribution is 2.05. The van der Waals surface area contributed by atoms with Crippen molar-refractivity contribution < 1.29 is 5.11 Å². The van der Waals surface area contributed by atoms with E-state index in [1.54, 1.807) is 12.1 Å². The lowest BCUT2D eigenvalue weighted by Crippen LogP contribution is -2.42. The fourth-order valence-corrected chi connectivity index (χ4v) is 1.95. The molecule has 0 aliphatic carbocycles. The van der Waals surface area contributed by atoms with E-state index in [4.69, 9.17) is 0 Å². The van der Waals surface area contributed by atoms with E-state index in [1.165, 1.54) is 10.9 Å². The molecule has 0 saturated heterocycles. The zero-order valence-corrected chi connectivity index (χ0v) is 12.1. The van der Waals surface area contributed by atoms with Crippen LogP contribution in [0.3, 0.4) is 0 Å². The summed E-state index contributed by atoms with van der Waals surface area (Å²) in [6.45, 7) is 6.76. The molecule has 5 nitrogen and oxygen atoms in total. The van der Waals surface area contributed by atoms with Crippen LogP contribution in [0.2, 0.25) is 0 Å². The van der Waals surface area contributed by atoms with Crippen LogP contribution in [0.4, 0.5) is 0 Å². The van der Waals surface area contributed by atoms with Crippen molar-refractivity contribution in [1.29, 1.82) is 0 Å². The summed E-state index contributed by atoms with van der Waals surface area (Å²) in [6, 6.07) is 7.22. The van der Waals surface area contributed by atoms with E-state index < -0.39 is 6.10 Å². The van der Waals surface area contributed by atoms with Gasteiger partial charge in [-0.25, -0.2) is 4.98 Å². The minimum atomic E-state index is -0.630. The lowest BCUT2D eigenvalue weighted by atomic mass is 10.1. The van der Waals surface area contributed by atoms with Gasteiger partial charge in [0.2, 0.25) is 0 Å². The summed E-state index contributed by atoms with van der Waals surface area (Å²) in [7, 11) is 0. The maximum absolute atomic E-state index is 12.3. The van der Waals surface area contributed by atoms with Gasteiger partial charge in [-0.2, -0.15) is 0 Å². The first-order valence-corrected chi connectivity index (χ1v) is 6.74. The van der Waals surface area contributed by atoms with Gasteiger partial charge in [-0.05, 0) is 32.9 Å². The normalized spacial score (nSPS) is 13.6. The number of hydrogen-bond donors (Lipinski definition) is 2. The topological polar surface area (TPSA) is 67.2 Å². The molecule has 0 spiro atoms. The Balaban J connectivity index is 2.14. The number of aromatic nitrogens is 2. The van der Waals surface area contributed by atoms with Gasteiger partial charge in [-0.3, -0.25) is 9.36 Å². The highest BCUT2D eigenvalue weighted by Gasteiger charge is 2.13. The maximum atomic E-state index is 12.3. The number of aliphatic hydroxyl groups excluding tert-OH is 1. The van der Waals surface area contributed by atoms with Crippen LogP contribution in [-0.2, 0) is 6.54 Å². The van der Waals surface area contributed by atoms with Crippen molar-refractivity contribution in [3.05, 3.63) is 40.9 Å². The molecule has 1 unspecified atom stereocenters. The fraction of sp³-hybridized carbons (Fsp3) is 0.467. The first-order chi connectivity index (χ1) is 9.37. The van der Waals surface area contributed by atoms with E-state index in [1.807, 2.05) is 32.9 Å². The number of β-amino-alcohol motifs (C(OH)–C–C–N with tert-alkyl or cyclic N) is 1. The highest BCUT2D eigenvalue weighted by atomic mass is 16.3. The third kappa shape index (κ3) is 3.65. The second kappa shape index (κ2) is 5.73. The second-order valence-corrected chi connectivity index (χ2v) is 6.00. The van der Waals surface area contributed by atoms with Gasteiger partial charge in [-0.15, -0.1) is 0 Å². The van der Waals surface area contributed by atoms with Gasteiger partial charge < -0.3 is 10.4 Å². The fourth-order valence-electron chi connectivity index (χ4n) is 1.95. The Morgan fingerprint density at radius 2 is 2.05 bits per heavy atom. The quantitative estimate of drug-likeness (QED) is 0.878. The van der Waals surface area contributed by atoms with Crippen LogP contribution in [-0.4, -0.2) is 32.8 Å². The Morgan fingerprint density at radius 1 is 1.35 bits per heavy atom. The minimum absolute atomic E-state index is 0.0619. The van der Waals surface area contributed by atoms with Gasteiger partial charge >= 0.3 is 0 Å². The number of aliphatic hydroxyl groups is 1. The van der Waals surface area contributed by atoms with E-state index in [-0.39, 0.29) is 17.6 Å². The number of fused-ring (bicyclic) bond motifs is 1. The van der Waals surface area contributed by atoms with Crippen molar-refractivity contribution in [2.24, 2.45) is 0 Å². The van der Waals surface area contributed by atoms with Crippen molar-refractivity contribution in [3.63, 3.8) is 0 Å². The largest absolute Gasteiger partial charge is 0.390 e. The zero-order valence-electron chi connectivity index (χ0n) is 12.1. The van der Waals surface area contributed by atoms with E-state index >= 15 is 0 Å². The van der Waals surface area contributed by atoms with Gasteiger partial charge in [0.15, 0.2) is 0 Å². The number of hydrogen-bond acceptors (Lipinski definition) is 4. The Labute approximate surface area is 118 Å². The number of para-hydroxylation sites is 1. The molecule has 2 rings (SSSR count). The van der Waals surface area contributed by atoms with Crippen molar-refractivity contribution in [2.75, 3.05) is 6.54 Å². The molecular weight excluding hydrogens is 254 g/mol. The smallest absolute Gasteiger partial charge is 0.261 e. The molecule has 0 amide bonds. The van der Waals surface area contributed by atoms with Crippen molar-refractivity contribution >= 4 is 10.9 Å². The molecular formula is C15H21N3O2. The van der Waals surface area contributed by atoms with Crippen LogP contribution in [0.5, 0.6) is 0 Å². The molecule has 0 fully saturated rings. The SMILES string of the molecule is CC(C)(C)NCC(O)Cn1cnc2ccccc2c1=O. The molecule has 0 aliphatic rings. The molecule has 108 valence electrons. The Bertz CT molecular complexity index is 643. The summed E-state index contributed by atoms with van der Waals surface area (Å²) in [5.74, 6) is 0. The van der Waals surface area contributed by atoms with Crippen molar-refractivity contribution in [2.45, 2.75) is 39.0 Å². The summed E-state index contributed by atoms with van der Waals surface area (Å²) in [4.78, 5) is 16.5.